The highest BCUT2D eigenvalue weighted by Gasteiger charge is 2.24. The van der Waals surface area contributed by atoms with Gasteiger partial charge in [-0.3, -0.25) is 9.78 Å². The molecule has 2 aromatic heterocycles. The molecule has 0 saturated heterocycles. The number of aryl methyl sites for hydroxylation is 1. The van der Waals surface area contributed by atoms with Gasteiger partial charge in [0.1, 0.15) is 11.3 Å². The molecule has 0 spiro atoms. The third kappa shape index (κ3) is 7.82. The van der Waals surface area contributed by atoms with Crippen molar-refractivity contribution in [3.8, 4) is 5.69 Å². The number of carbonyl (C=O) groups is 2. The summed E-state index contributed by atoms with van der Waals surface area (Å²) in [5.41, 5.74) is 4.77. The van der Waals surface area contributed by atoms with E-state index in [0.29, 0.717) is 28.7 Å². The lowest BCUT2D eigenvalue weighted by atomic mass is 10.0. The first-order chi connectivity index (χ1) is 20.1. The van der Waals surface area contributed by atoms with Crippen molar-refractivity contribution in [1.82, 2.24) is 25.4 Å². The van der Waals surface area contributed by atoms with E-state index in [9.17, 15) is 9.59 Å². The van der Waals surface area contributed by atoms with E-state index in [2.05, 4.69) is 32.1 Å². The number of nitrogens with one attached hydrogen (secondary N) is 3. The number of pyridine rings is 1. The Labute approximate surface area is 246 Å². The molecule has 1 unspecified atom stereocenters. The summed E-state index contributed by atoms with van der Waals surface area (Å²) in [6.07, 6.45) is 3.83. The van der Waals surface area contributed by atoms with Crippen LogP contribution in [0.2, 0.25) is 0 Å². The van der Waals surface area contributed by atoms with Gasteiger partial charge in [0.25, 0.3) is 5.91 Å². The molecule has 2 aromatic carbocycles. The third-order valence-electron chi connectivity index (χ3n) is 6.82. The first kappa shape index (κ1) is 29.0. The van der Waals surface area contributed by atoms with Crippen LogP contribution in [0.5, 0.6) is 0 Å². The summed E-state index contributed by atoms with van der Waals surface area (Å²) in [6, 6.07) is 23.0. The Hall–Kier alpha value is -4.50. The zero-order chi connectivity index (χ0) is 29.7. The molecule has 2 amide bonds. The number of carbonyl (C=O) groups excluding carboxylic acids is 2. The van der Waals surface area contributed by atoms with Crippen LogP contribution in [0.3, 0.4) is 0 Å². The number of benzene rings is 2. The van der Waals surface area contributed by atoms with Crippen LogP contribution in [0.4, 0.5) is 10.5 Å². The summed E-state index contributed by atoms with van der Waals surface area (Å²) < 4.78 is 6.96. The van der Waals surface area contributed by atoms with Gasteiger partial charge in [-0.05, 0) is 107 Å². The Morgan fingerprint density at radius 3 is 2.57 bits per heavy atom. The molecule has 0 bridgehead atoms. The molecule has 1 fully saturated rings. The maximum atomic E-state index is 13.6. The lowest BCUT2D eigenvalue weighted by Crippen LogP contribution is -2.32. The largest absolute Gasteiger partial charge is 0.444 e. The highest BCUT2D eigenvalue weighted by Crippen LogP contribution is 2.30. The van der Waals surface area contributed by atoms with Gasteiger partial charge in [-0.25, -0.2) is 9.48 Å². The molecule has 2 heterocycles. The summed E-state index contributed by atoms with van der Waals surface area (Å²) in [7, 11) is 0. The molecule has 218 valence electrons. The number of hydrogen-bond acceptors (Lipinski definition) is 6. The zero-order valence-electron chi connectivity index (χ0n) is 24.6. The molecule has 9 heteroatoms. The minimum atomic E-state index is -0.577. The van der Waals surface area contributed by atoms with E-state index >= 15 is 0 Å². The van der Waals surface area contributed by atoms with Crippen LogP contribution in [0.15, 0.2) is 79.0 Å². The average Bonchev–Trinajstić information content (AvgIpc) is 3.70. The third-order valence-corrected chi connectivity index (χ3v) is 6.82. The number of hydrogen-bond donors (Lipinski definition) is 3. The van der Waals surface area contributed by atoms with Gasteiger partial charge in [0.2, 0.25) is 0 Å². The quantitative estimate of drug-likeness (QED) is 0.219. The molecule has 5 rings (SSSR count). The Morgan fingerprint density at radius 2 is 1.83 bits per heavy atom. The van der Waals surface area contributed by atoms with Crippen LogP contribution >= 0.6 is 0 Å². The standard InChI is InChI=1S/C33H38N6O3/c1-22-17-29(39(38-22)27-12-7-9-24(18-27)21-36-32(41)42-33(2,3)4)31(40)37-26-11-8-10-25(19-26)30(35-20-23-14-15-23)28-13-5-6-16-34-28/h5-13,16-19,23,30,35H,14-15,20-21H2,1-4H3,(H,36,41)(H,37,40). The van der Waals surface area contributed by atoms with E-state index < -0.39 is 11.7 Å². The molecule has 9 nitrogen and oxygen atoms in total. The zero-order valence-corrected chi connectivity index (χ0v) is 24.6. The highest BCUT2D eigenvalue weighted by molar-refractivity contribution is 6.03. The molecule has 0 aliphatic heterocycles. The van der Waals surface area contributed by atoms with Gasteiger partial charge in [-0.2, -0.15) is 5.10 Å². The summed E-state index contributed by atoms with van der Waals surface area (Å²) in [5, 5.41) is 14.1. The second-order valence-corrected chi connectivity index (χ2v) is 11.7. The Morgan fingerprint density at radius 1 is 1.02 bits per heavy atom. The minimum absolute atomic E-state index is 0.0755. The molecule has 1 atom stereocenters. The van der Waals surface area contributed by atoms with Gasteiger partial charge in [0.15, 0.2) is 0 Å². The van der Waals surface area contributed by atoms with Crippen molar-refractivity contribution < 1.29 is 14.3 Å². The maximum Gasteiger partial charge on any atom is 0.407 e. The number of anilines is 1. The van der Waals surface area contributed by atoms with E-state index in [1.807, 2.05) is 88.4 Å². The molecular formula is C33H38N6O3. The lowest BCUT2D eigenvalue weighted by molar-refractivity contribution is 0.0523. The van der Waals surface area contributed by atoms with Crippen molar-refractivity contribution in [2.75, 3.05) is 11.9 Å². The van der Waals surface area contributed by atoms with Gasteiger partial charge in [-0.15, -0.1) is 0 Å². The molecule has 1 aliphatic carbocycles. The maximum absolute atomic E-state index is 13.6. The molecule has 1 aliphatic rings. The highest BCUT2D eigenvalue weighted by atomic mass is 16.6. The van der Waals surface area contributed by atoms with Gasteiger partial charge in [0.05, 0.1) is 23.1 Å². The van der Waals surface area contributed by atoms with Gasteiger partial charge in [0, 0.05) is 18.4 Å². The first-order valence-corrected chi connectivity index (χ1v) is 14.3. The van der Waals surface area contributed by atoms with Crippen molar-refractivity contribution >= 4 is 17.7 Å². The summed E-state index contributed by atoms with van der Waals surface area (Å²) in [5.74, 6) is 0.444. The fourth-order valence-electron chi connectivity index (χ4n) is 4.68. The Kier molecular flexibility index (Phi) is 8.68. The van der Waals surface area contributed by atoms with E-state index in [1.165, 1.54) is 12.8 Å². The second kappa shape index (κ2) is 12.6. The molecule has 1 saturated carbocycles. The SMILES string of the molecule is Cc1cc(C(=O)Nc2cccc(C(NCC3CC3)c3ccccn3)c2)n(-c2cccc(CNC(=O)OC(C)(C)C)c2)n1. The van der Waals surface area contributed by atoms with Gasteiger partial charge >= 0.3 is 6.09 Å². The van der Waals surface area contributed by atoms with Gasteiger partial charge in [-0.1, -0.05) is 30.3 Å². The van der Waals surface area contributed by atoms with Crippen LogP contribution in [-0.4, -0.2) is 38.9 Å². The van der Waals surface area contributed by atoms with Crippen molar-refractivity contribution in [3.63, 3.8) is 0 Å². The molecular weight excluding hydrogens is 528 g/mol. The lowest BCUT2D eigenvalue weighted by Gasteiger charge is -2.20. The second-order valence-electron chi connectivity index (χ2n) is 11.7. The van der Waals surface area contributed by atoms with E-state index in [-0.39, 0.29) is 18.5 Å². The Balaban J connectivity index is 1.32. The summed E-state index contributed by atoms with van der Waals surface area (Å²) >= 11 is 0. The number of nitrogens with zero attached hydrogens (tertiary/aromatic N) is 3. The number of aromatic nitrogens is 3. The van der Waals surface area contributed by atoms with Crippen LogP contribution in [-0.2, 0) is 11.3 Å². The monoisotopic (exact) mass is 566 g/mol. The Bertz CT molecular complexity index is 1540. The van der Waals surface area contributed by atoms with Crippen molar-refractivity contribution in [2.45, 2.75) is 58.7 Å². The normalized spacial score (nSPS) is 13.8. The number of ether oxygens (including phenoxy) is 1. The number of rotatable bonds is 10. The predicted molar refractivity (Wildman–Crippen MR) is 163 cm³/mol. The minimum Gasteiger partial charge on any atom is -0.444 e. The topological polar surface area (TPSA) is 110 Å². The van der Waals surface area contributed by atoms with Crippen molar-refractivity contribution in [3.05, 3.63) is 107 Å². The van der Waals surface area contributed by atoms with E-state index in [4.69, 9.17) is 4.74 Å². The summed E-state index contributed by atoms with van der Waals surface area (Å²) in [6.45, 7) is 8.53. The van der Waals surface area contributed by atoms with Crippen LogP contribution in [0.25, 0.3) is 5.69 Å². The molecule has 4 aromatic rings. The number of amides is 2. The van der Waals surface area contributed by atoms with Crippen molar-refractivity contribution in [2.24, 2.45) is 5.92 Å². The first-order valence-electron chi connectivity index (χ1n) is 14.3. The smallest absolute Gasteiger partial charge is 0.407 e. The molecule has 42 heavy (non-hydrogen) atoms. The van der Waals surface area contributed by atoms with E-state index in [0.717, 1.165) is 23.4 Å². The van der Waals surface area contributed by atoms with E-state index in [1.54, 1.807) is 16.9 Å². The van der Waals surface area contributed by atoms with Gasteiger partial charge < -0.3 is 20.7 Å². The molecule has 3 N–H and O–H groups in total. The summed E-state index contributed by atoms with van der Waals surface area (Å²) in [4.78, 5) is 30.3. The predicted octanol–water partition coefficient (Wildman–Crippen LogP) is 5.94. The average molecular weight is 567 g/mol. The molecule has 0 radical (unpaired) electrons. The number of alkyl carbamates (subject to hydrolysis) is 1. The fourth-order valence-corrected chi connectivity index (χ4v) is 4.68. The van der Waals surface area contributed by atoms with Crippen LogP contribution < -0.4 is 16.0 Å². The van der Waals surface area contributed by atoms with Crippen molar-refractivity contribution in [1.29, 1.82) is 0 Å². The fraction of sp³-hybridized carbons (Fsp3) is 0.333. The van der Waals surface area contributed by atoms with Crippen LogP contribution in [0, 0.1) is 12.8 Å². The van der Waals surface area contributed by atoms with Crippen LogP contribution in [0.1, 0.15) is 72.7 Å².